The molecule has 0 aliphatic heterocycles. The van der Waals surface area contributed by atoms with Crippen LogP contribution in [0.1, 0.15) is 39.5 Å². The molecule has 0 aromatic rings. The zero-order valence-electron chi connectivity index (χ0n) is 12.2. The van der Waals surface area contributed by atoms with Crippen LogP contribution in [0.15, 0.2) is 0 Å². The number of carboxylic acids is 1. The zero-order chi connectivity index (χ0) is 14.7. The SMILES string of the molecule is CN(C)C(C)(C)CNC(=O)NC1(CC(=O)O)CCC1. The van der Waals surface area contributed by atoms with Gasteiger partial charge in [-0.3, -0.25) is 4.79 Å². The summed E-state index contributed by atoms with van der Waals surface area (Å²) in [5.41, 5.74) is -0.685. The van der Waals surface area contributed by atoms with Gasteiger partial charge >= 0.3 is 12.0 Å². The fourth-order valence-electron chi connectivity index (χ4n) is 1.98. The van der Waals surface area contributed by atoms with Gasteiger partial charge in [-0.2, -0.15) is 0 Å². The van der Waals surface area contributed by atoms with E-state index in [1.807, 2.05) is 32.8 Å². The summed E-state index contributed by atoms with van der Waals surface area (Å²) in [6.45, 7) is 4.57. The summed E-state index contributed by atoms with van der Waals surface area (Å²) in [7, 11) is 3.91. The van der Waals surface area contributed by atoms with E-state index in [9.17, 15) is 9.59 Å². The number of nitrogens with one attached hydrogen (secondary N) is 2. The van der Waals surface area contributed by atoms with Crippen LogP contribution in [0.25, 0.3) is 0 Å². The lowest BCUT2D eigenvalue weighted by molar-refractivity contribution is -0.139. The summed E-state index contributed by atoms with van der Waals surface area (Å²) in [6, 6.07) is -0.282. The predicted molar refractivity (Wildman–Crippen MR) is 73.1 cm³/mol. The predicted octanol–water partition coefficient (Wildman–Crippen LogP) is 1.02. The van der Waals surface area contributed by atoms with Gasteiger partial charge in [-0.15, -0.1) is 0 Å². The molecule has 0 heterocycles. The lowest BCUT2D eigenvalue weighted by Gasteiger charge is -2.41. The smallest absolute Gasteiger partial charge is 0.315 e. The van der Waals surface area contributed by atoms with Crippen molar-refractivity contribution < 1.29 is 14.7 Å². The Bertz CT molecular complexity index is 349. The number of likely N-dealkylation sites (N-methyl/N-ethyl adjacent to an activating group) is 1. The normalized spacial score (nSPS) is 17.7. The molecule has 0 atom stereocenters. The van der Waals surface area contributed by atoms with Crippen LogP contribution in [0, 0.1) is 0 Å². The van der Waals surface area contributed by atoms with Crippen molar-refractivity contribution in [3.05, 3.63) is 0 Å². The molecule has 19 heavy (non-hydrogen) atoms. The van der Waals surface area contributed by atoms with E-state index in [1.165, 1.54) is 0 Å². The third-order valence-corrected chi connectivity index (χ3v) is 4.07. The fourth-order valence-corrected chi connectivity index (χ4v) is 1.98. The van der Waals surface area contributed by atoms with E-state index < -0.39 is 11.5 Å². The van der Waals surface area contributed by atoms with Gasteiger partial charge in [-0.25, -0.2) is 4.79 Å². The molecule has 0 bridgehead atoms. The summed E-state index contributed by atoms with van der Waals surface area (Å²) in [5.74, 6) is -0.867. The third kappa shape index (κ3) is 4.38. The van der Waals surface area contributed by atoms with Crippen LogP contribution in [-0.2, 0) is 4.79 Å². The molecule has 1 saturated carbocycles. The Kier molecular flexibility index (Phi) is 4.79. The second-order valence-corrected chi connectivity index (χ2v) is 6.22. The molecule has 110 valence electrons. The van der Waals surface area contributed by atoms with Crippen molar-refractivity contribution in [2.45, 2.75) is 50.6 Å². The Morgan fingerprint density at radius 3 is 2.26 bits per heavy atom. The van der Waals surface area contributed by atoms with E-state index in [4.69, 9.17) is 5.11 Å². The summed E-state index contributed by atoms with van der Waals surface area (Å²) in [5, 5.41) is 14.5. The monoisotopic (exact) mass is 271 g/mol. The topological polar surface area (TPSA) is 81.7 Å². The number of rotatable bonds is 6. The first-order valence-corrected chi connectivity index (χ1v) is 6.62. The van der Waals surface area contributed by atoms with E-state index in [2.05, 4.69) is 10.6 Å². The van der Waals surface area contributed by atoms with Crippen LogP contribution < -0.4 is 10.6 Å². The molecule has 0 aromatic heterocycles. The first-order valence-electron chi connectivity index (χ1n) is 6.62. The van der Waals surface area contributed by atoms with Gasteiger partial charge in [0.2, 0.25) is 0 Å². The van der Waals surface area contributed by atoms with E-state index >= 15 is 0 Å². The minimum atomic E-state index is -0.867. The minimum Gasteiger partial charge on any atom is -0.481 e. The van der Waals surface area contributed by atoms with Gasteiger partial charge in [0.25, 0.3) is 0 Å². The molecular formula is C13H25N3O3. The number of urea groups is 1. The third-order valence-electron chi connectivity index (χ3n) is 4.07. The number of carbonyl (C=O) groups excluding carboxylic acids is 1. The van der Waals surface area contributed by atoms with Gasteiger partial charge in [0, 0.05) is 12.1 Å². The minimum absolute atomic E-state index is 0.00249. The molecule has 3 N–H and O–H groups in total. The maximum Gasteiger partial charge on any atom is 0.315 e. The van der Waals surface area contributed by atoms with E-state index in [0.29, 0.717) is 6.54 Å². The van der Waals surface area contributed by atoms with Crippen molar-refractivity contribution in [1.82, 2.24) is 15.5 Å². The lowest BCUT2D eigenvalue weighted by atomic mass is 9.74. The Labute approximate surface area is 114 Å². The Morgan fingerprint density at radius 2 is 1.89 bits per heavy atom. The molecule has 2 amide bonds. The maximum atomic E-state index is 11.9. The highest BCUT2D eigenvalue weighted by molar-refractivity contribution is 5.77. The lowest BCUT2D eigenvalue weighted by Crippen LogP contribution is -2.59. The van der Waals surface area contributed by atoms with Crippen molar-refractivity contribution >= 4 is 12.0 Å². The highest BCUT2D eigenvalue weighted by Gasteiger charge is 2.40. The number of hydrogen-bond acceptors (Lipinski definition) is 3. The van der Waals surface area contributed by atoms with Crippen LogP contribution in [0.2, 0.25) is 0 Å². The van der Waals surface area contributed by atoms with Gasteiger partial charge in [0.05, 0.1) is 12.0 Å². The van der Waals surface area contributed by atoms with Crippen molar-refractivity contribution in [3.8, 4) is 0 Å². The molecule has 0 aromatic carbocycles. The average molecular weight is 271 g/mol. The fraction of sp³-hybridized carbons (Fsp3) is 0.846. The largest absolute Gasteiger partial charge is 0.481 e. The number of amides is 2. The standard InChI is InChI=1S/C13H25N3O3/c1-12(2,16(3)4)9-14-11(19)15-13(6-5-7-13)8-10(17)18/h5-9H2,1-4H3,(H,17,18)(H2,14,15,19). The first kappa shape index (κ1) is 15.8. The number of hydrogen-bond donors (Lipinski definition) is 3. The number of nitrogens with zero attached hydrogens (tertiary/aromatic N) is 1. The van der Waals surface area contributed by atoms with Crippen molar-refractivity contribution in [1.29, 1.82) is 0 Å². The molecule has 1 fully saturated rings. The molecule has 1 rings (SSSR count). The Hall–Kier alpha value is -1.30. The van der Waals surface area contributed by atoms with Crippen LogP contribution in [0.4, 0.5) is 4.79 Å². The van der Waals surface area contributed by atoms with Crippen LogP contribution in [0.5, 0.6) is 0 Å². The molecule has 0 radical (unpaired) electrons. The molecular weight excluding hydrogens is 246 g/mol. The molecule has 0 spiro atoms. The highest BCUT2D eigenvalue weighted by Crippen LogP contribution is 2.34. The second-order valence-electron chi connectivity index (χ2n) is 6.22. The van der Waals surface area contributed by atoms with Gasteiger partial charge in [0.1, 0.15) is 0 Å². The van der Waals surface area contributed by atoms with Gasteiger partial charge in [0.15, 0.2) is 0 Å². The van der Waals surface area contributed by atoms with Crippen molar-refractivity contribution in [2.24, 2.45) is 0 Å². The first-order chi connectivity index (χ1) is 8.67. The summed E-state index contributed by atoms with van der Waals surface area (Å²) in [6.07, 6.45) is 2.45. The van der Waals surface area contributed by atoms with E-state index in [0.717, 1.165) is 19.3 Å². The van der Waals surface area contributed by atoms with Crippen LogP contribution >= 0.6 is 0 Å². The second kappa shape index (κ2) is 5.77. The molecule has 0 unspecified atom stereocenters. The van der Waals surface area contributed by atoms with Crippen molar-refractivity contribution in [3.63, 3.8) is 0 Å². The quantitative estimate of drug-likeness (QED) is 0.674. The number of carbonyl (C=O) groups is 2. The number of aliphatic carboxylic acids is 1. The van der Waals surface area contributed by atoms with Crippen LogP contribution in [0.3, 0.4) is 0 Å². The molecule has 6 nitrogen and oxygen atoms in total. The van der Waals surface area contributed by atoms with Crippen molar-refractivity contribution in [2.75, 3.05) is 20.6 Å². The van der Waals surface area contributed by atoms with Gasteiger partial charge < -0.3 is 20.6 Å². The Balaban J connectivity index is 2.44. The van der Waals surface area contributed by atoms with Crippen LogP contribution in [-0.4, -0.2) is 53.7 Å². The summed E-state index contributed by atoms with van der Waals surface area (Å²) < 4.78 is 0. The summed E-state index contributed by atoms with van der Waals surface area (Å²) >= 11 is 0. The molecule has 6 heteroatoms. The van der Waals surface area contributed by atoms with Gasteiger partial charge in [-0.1, -0.05) is 0 Å². The van der Waals surface area contributed by atoms with E-state index in [-0.39, 0.29) is 18.0 Å². The van der Waals surface area contributed by atoms with E-state index in [1.54, 1.807) is 0 Å². The number of carboxylic acid groups (broad SMARTS) is 1. The average Bonchev–Trinajstić information content (AvgIpc) is 2.22. The molecule has 0 saturated heterocycles. The molecule has 1 aliphatic carbocycles. The maximum absolute atomic E-state index is 11.9. The summed E-state index contributed by atoms with van der Waals surface area (Å²) in [4.78, 5) is 24.7. The highest BCUT2D eigenvalue weighted by atomic mass is 16.4. The van der Waals surface area contributed by atoms with Gasteiger partial charge in [-0.05, 0) is 47.2 Å². The zero-order valence-corrected chi connectivity index (χ0v) is 12.2. The Morgan fingerprint density at radius 1 is 1.32 bits per heavy atom. The molecule has 1 aliphatic rings.